The zero-order valence-electron chi connectivity index (χ0n) is 26.6. The number of benzene rings is 2. The van der Waals surface area contributed by atoms with Crippen LogP contribution in [0.1, 0.15) is 61.4 Å². The maximum absolute atomic E-state index is 16.2. The predicted octanol–water partition coefficient (Wildman–Crippen LogP) is 5.73. The van der Waals surface area contributed by atoms with E-state index >= 15 is 4.39 Å². The Morgan fingerprint density at radius 3 is 2.37 bits per heavy atom. The summed E-state index contributed by atoms with van der Waals surface area (Å²) in [6, 6.07) is 10.5. The SMILES string of the molecule is Cc1cccc(C)c1-c1nc2nc(c1F)OC[C@@H](CC(C)C)N(Cc1ncc(OC(C)C)cn1)C(=O)c1cccc(c1)S(=O)(=O)N2. The number of aryl methyl sites for hydroxylation is 2. The summed E-state index contributed by atoms with van der Waals surface area (Å²) in [6.45, 7) is 11.2. The molecule has 0 fully saturated rings. The number of ether oxygens (including phenoxy) is 2. The van der Waals surface area contributed by atoms with Crippen molar-refractivity contribution in [2.75, 3.05) is 11.3 Å². The molecule has 11 nitrogen and oxygen atoms in total. The van der Waals surface area contributed by atoms with Crippen LogP contribution in [0.4, 0.5) is 10.3 Å². The number of nitrogens with zero attached hydrogens (tertiary/aromatic N) is 5. The second-order valence-electron chi connectivity index (χ2n) is 11.9. The molecule has 5 rings (SSSR count). The zero-order valence-corrected chi connectivity index (χ0v) is 27.4. The number of halogens is 1. The van der Waals surface area contributed by atoms with Crippen molar-refractivity contribution in [2.45, 2.75) is 71.5 Å². The van der Waals surface area contributed by atoms with Crippen molar-refractivity contribution in [3.63, 3.8) is 0 Å². The standard InChI is InChI=1S/C33H37FN6O5S/c1-19(2)13-24-18-44-31-29(34)30(28-21(5)9-7-10-22(28)6)37-33(38-31)39-46(42,43)26-12-8-11-23(14-26)32(41)40(24)17-27-35-15-25(16-36-27)45-20(3)4/h7-12,14-16,19-20,24H,13,17-18H2,1-6H3,(H,37,38,39)/t24-/m1/s1. The Morgan fingerprint density at radius 2 is 1.72 bits per heavy atom. The highest BCUT2D eigenvalue weighted by atomic mass is 32.2. The second kappa shape index (κ2) is 13.4. The van der Waals surface area contributed by atoms with E-state index in [9.17, 15) is 13.2 Å². The van der Waals surface area contributed by atoms with E-state index < -0.39 is 33.7 Å². The molecule has 2 aromatic carbocycles. The molecular weight excluding hydrogens is 611 g/mol. The van der Waals surface area contributed by atoms with Gasteiger partial charge in [0, 0.05) is 11.1 Å². The van der Waals surface area contributed by atoms with Crippen LogP contribution in [0.5, 0.6) is 11.6 Å². The summed E-state index contributed by atoms with van der Waals surface area (Å²) in [5, 5.41) is 0. The van der Waals surface area contributed by atoms with Crippen LogP contribution >= 0.6 is 0 Å². The highest BCUT2D eigenvalue weighted by molar-refractivity contribution is 7.92. The molecule has 0 spiro atoms. The maximum atomic E-state index is 16.2. The first-order valence-corrected chi connectivity index (χ1v) is 16.5. The highest BCUT2D eigenvalue weighted by Gasteiger charge is 2.31. The molecule has 0 unspecified atom stereocenters. The number of carbonyl (C=O) groups excluding carboxylic acids is 1. The molecule has 1 aliphatic heterocycles. The van der Waals surface area contributed by atoms with Gasteiger partial charge < -0.3 is 14.4 Å². The Labute approximate surface area is 268 Å². The van der Waals surface area contributed by atoms with Gasteiger partial charge in [0.05, 0.1) is 36.0 Å². The van der Waals surface area contributed by atoms with Gasteiger partial charge >= 0.3 is 0 Å². The largest absolute Gasteiger partial charge is 0.488 e. The lowest BCUT2D eigenvalue weighted by molar-refractivity contribution is 0.0542. The Kier molecular flexibility index (Phi) is 9.52. The van der Waals surface area contributed by atoms with Gasteiger partial charge in [-0.15, -0.1) is 0 Å². The molecule has 1 aliphatic rings. The fourth-order valence-corrected chi connectivity index (χ4v) is 6.33. The van der Waals surface area contributed by atoms with E-state index in [1.54, 1.807) is 0 Å². The molecule has 1 atom stereocenters. The van der Waals surface area contributed by atoms with Crippen molar-refractivity contribution in [1.29, 1.82) is 0 Å². The number of amides is 1. The van der Waals surface area contributed by atoms with E-state index in [0.29, 0.717) is 23.6 Å². The molecule has 3 heterocycles. The quantitative estimate of drug-likeness (QED) is 0.267. The van der Waals surface area contributed by atoms with E-state index in [4.69, 9.17) is 9.47 Å². The number of carbonyl (C=O) groups is 1. The van der Waals surface area contributed by atoms with Crippen molar-refractivity contribution in [2.24, 2.45) is 5.92 Å². The highest BCUT2D eigenvalue weighted by Crippen LogP contribution is 2.33. The summed E-state index contributed by atoms with van der Waals surface area (Å²) in [5.41, 5.74) is 2.00. The normalized spacial score (nSPS) is 16.2. The van der Waals surface area contributed by atoms with Crippen LogP contribution in [-0.2, 0) is 16.6 Å². The minimum Gasteiger partial charge on any atom is -0.488 e. The molecule has 242 valence electrons. The van der Waals surface area contributed by atoms with E-state index in [1.165, 1.54) is 41.6 Å². The molecular formula is C33H37FN6O5S. The van der Waals surface area contributed by atoms with Crippen molar-refractivity contribution in [3.8, 4) is 22.9 Å². The fourth-order valence-electron chi connectivity index (χ4n) is 5.34. The average Bonchev–Trinajstić information content (AvgIpc) is 2.99. The topological polar surface area (TPSA) is 136 Å². The van der Waals surface area contributed by atoms with Gasteiger partial charge in [-0.05, 0) is 69.4 Å². The molecule has 13 heteroatoms. The van der Waals surface area contributed by atoms with Gasteiger partial charge in [0.25, 0.3) is 21.8 Å². The Balaban J connectivity index is 1.65. The first-order valence-electron chi connectivity index (χ1n) is 15.0. The lowest BCUT2D eigenvalue weighted by Gasteiger charge is -2.32. The van der Waals surface area contributed by atoms with Crippen LogP contribution < -0.4 is 14.2 Å². The molecule has 1 amide bonds. The summed E-state index contributed by atoms with van der Waals surface area (Å²) in [4.78, 5) is 32.8. The first-order chi connectivity index (χ1) is 21.8. The van der Waals surface area contributed by atoms with Gasteiger partial charge in [0.15, 0.2) is 5.75 Å². The fraction of sp³-hybridized carbons (Fsp3) is 0.364. The number of aromatic nitrogens is 4. The van der Waals surface area contributed by atoms with Gasteiger partial charge in [-0.3, -0.25) is 4.79 Å². The number of fused-ring (bicyclic) bond motifs is 4. The Morgan fingerprint density at radius 1 is 1.04 bits per heavy atom. The predicted molar refractivity (Wildman–Crippen MR) is 171 cm³/mol. The summed E-state index contributed by atoms with van der Waals surface area (Å²) >= 11 is 0. The Bertz CT molecular complexity index is 1830. The van der Waals surface area contributed by atoms with Crippen LogP contribution in [0.2, 0.25) is 0 Å². The number of anilines is 1. The molecule has 1 N–H and O–H groups in total. The third-order valence-electron chi connectivity index (χ3n) is 7.38. The molecule has 0 saturated carbocycles. The monoisotopic (exact) mass is 648 g/mol. The van der Waals surface area contributed by atoms with Gasteiger partial charge in [0.1, 0.15) is 18.1 Å². The molecule has 0 radical (unpaired) electrons. The summed E-state index contributed by atoms with van der Waals surface area (Å²) in [6.07, 6.45) is 3.47. The number of rotatable bonds is 7. The van der Waals surface area contributed by atoms with Crippen LogP contribution in [0.25, 0.3) is 11.3 Å². The van der Waals surface area contributed by atoms with Crippen molar-refractivity contribution >= 4 is 21.9 Å². The van der Waals surface area contributed by atoms with Crippen molar-refractivity contribution in [1.82, 2.24) is 24.8 Å². The van der Waals surface area contributed by atoms with Gasteiger partial charge in [0.2, 0.25) is 11.8 Å². The minimum absolute atomic E-state index is 0.0259. The van der Waals surface area contributed by atoms with E-state index in [1.807, 2.05) is 59.7 Å². The van der Waals surface area contributed by atoms with Crippen molar-refractivity contribution in [3.05, 3.63) is 83.2 Å². The lowest BCUT2D eigenvalue weighted by atomic mass is 9.99. The molecule has 0 aliphatic carbocycles. The second-order valence-corrected chi connectivity index (χ2v) is 13.6. The maximum Gasteiger partial charge on any atom is 0.264 e. The Hall–Kier alpha value is -4.65. The number of sulfonamides is 1. The number of hydrogen-bond donors (Lipinski definition) is 1. The lowest BCUT2D eigenvalue weighted by Crippen LogP contribution is -2.44. The molecule has 46 heavy (non-hydrogen) atoms. The van der Waals surface area contributed by atoms with Gasteiger partial charge in [-0.25, -0.2) is 28.1 Å². The third-order valence-corrected chi connectivity index (χ3v) is 8.70. The van der Waals surface area contributed by atoms with Gasteiger partial charge in [-0.2, -0.15) is 9.37 Å². The number of hydrogen-bond acceptors (Lipinski definition) is 9. The van der Waals surface area contributed by atoms with Crippen LogP contribution in [0.3, 0.4) is 0 Å². The molecule has 4 bridgehead atoms. The minimum atomic E-state index is -4.30. The van der Waals surface area contributed by atoms with E-state index in [0.717, 1.165) is 11.1 Å². The molecule has 0 saturated heterocycles. The smallest absolute Gasteiger partial charge is 0.264 e. The number of nitrogens with one attached hydrogen (secondary N) is 1. The first kappa shape index (κ1) is 32.7. The zero-order chi connectivity index (χ0) is 33.2. The van der Waals surface area contributed by atoms with Crippen LogP contribution in [0, 0.1) is 25.6 Å². The summed E-state index contributed by atoms with van der Waals surface area (Å²) in [5.74, 6) is -1.19. The third kappa shape index (κ3) is 7.25. The summed E-state index contributed by atoms with van der Waals surface area (Å²) in [7, 11) is -4.30. The molecule has 2 aromatic heterocycles. The summed E-state index contributed by atoms with van der Waals surface area (Å²) < 4.78 is 57.4. The molecule has 4 aromatic rings. The van der Waals surface area contributed by atoms with Gasteiger partial charge in [-0.1, -0.05) is 38.1 Å². The average molecular weight is 649 g/mol. The van der Waals surface area contributed by atoms with E-state index in [-0.39, 0.29) is 47.3 Å². The van der Waals surface area contributed by atoms with E-state index in [2.05, 4.69) is 24.7 Å². The van der Waals surface area contributed by atoms with Crippen molar-refractivity contribution < 1.29 is 27.1 Å². The van der Waals surface area contributed by atoms with Crippen LogP contribution in [-0.4, -0.2) is 57.9 Å². The van der Waals surface area contributed by atoms with Crippen LogP contribution in [0.15, 0.2) is 59.8 Å².